The van der Waals surface area contributed by atoms with Gasteiger partial charge in [-0.25, -0.2) is 18.3 Å². The Morgan fingerprint density at radius 2 is 1.15 bits per heavy atom. The van der Waals surface area contributed by atoms with Crippen molar-refractivity contribution in [1.82, 2.24) is 20.1 Å². The van der Waals surface area contributed by atoms with E-state index < -0.39 is 0 Å². The first-order valence-electron chi connectivity index (χ1n) is 13.0. The molecule has 9 heteroatoms. The molecule has 0 unspecified atom stereocenters. The number of rotatable bonds is 0. The SMILES string of the molecule is Cc1cccc[n+]1C.Cc1cccn[n+]1C.Cc1ccnc[n+]1C.Cc1cncc[n+]1C.Cc1nccc[n+]1C. The molecule has 9 nitrogen and oxygen atoms in total. The zero-order valence-corrected chi connectivity index (χ0v) is 25.8. The van der Waals surface area contributed by atoms with Crippen LogP contribution < -0.4 is 23.0 Å². The second-order valence-electron chi connectivity index (χ2n) is 9.18. The third-order valence-electron chi connectivity index (χ3n) is 6.05. The molecule has 0 saturated carbocycles. The van der Waals surface area contributed by atoms with E-state index in [1.165, 1.54) is 22.8 Å². The minimum atomic E-state index is 1.03. The molecule has 0 amide bonds. The van der Waals surface area contributed by atoms with Crippen LogP contribution in [0.1, 0.15) is 28.6 Å². The maximum atomic E-state index is 4.04. The molecule has 210 valence electrons. The molecule has 0 aliphatic rings. The van der Waals surface area contributed by atoms with Gasteiger partial charge in [0.2, 0.25) is 5.69 Å². The highest BCUT2D eigenvalue weighted by molar-refractivity contribution is 4.93. The molecule has 5 aromatic heterocycles. The van der Waals surface area contributed by atoms with Gasteiger partial charge in [-0.2, -0.15) is 0 Å². The van der Waals surface area contributed by atoms with Crippen LogP contribution in [-0.4, -0.2) is 20.1 Å². The molecule has 5 heterocycles. The summed E-state index contributed by atoms with van der Waals surface area (Å²) in [6.45, 7) is 10.1. The summed E-state index contributed by atoms with van der Waals surface area (Å²) >= 11 is 0. The van der Waals surface area contributed by atoms with Crippen molar-refractivity contribution in [2.24, 2.45) is 35.2 Å². The van der Waals surface area contributed by atoms with Gasteiger partial charge in [0.15, 0.2) is 30.8 Å². The number of pyridine rings is 1. The van der Waals surface area contributed by atoms with Crippen LogP contribution in [0, 0.1) is 34.6 Å². The topological polar surface area (TPSA) is 71.0 Å². The van der Waals surface area contributed by atoms with E-state index in [1.807, 2.05) is 143 Å². The molecule has 5 rings (SSSR count). The van der Waals surface area contributed by atoms with Gasteiger partial charge in [-0.15, -0.1) is 0 Å². The van der Waals surface area contributed by atoms with Gasteiger partial charge in [-0.3, -0.25) is 4.98 Å². The number of hydrogen-bond acceptors (Lipinski definition) is 4. The third kappa shape index (κ3) is 13.9. The van der Waals surface area contributed by atoms with Crippen molar-refractivity contribution < 1.29 is 23.0 Å². The third-order valence-corrected chi connectivity index (χ3v) is 6.05. The van der Waals surface area contributed by atoms with E-state index in [0.29, 0.717) is 0 Å². The lowest BCUT2D eigenvalue weighted by Gasteiger charge is -1.88. The summed E-state index contributed by atoms with van der Waals surface area (Å²) in [5.74, 6) is 1.03. The van der Waals surface area contributed by atoms with E-state index >= 15 is 0 Å². The number of aromatic nitrogens is 9. The normalized spacial score (nSPS) is 9.25. The zero-order chi connectivity index (χ0) is 29.9. The summed E-state index contributed by atoms with van der Waals surface area (Å²) in [5, 5.41) is 4.00. The molecule has 0 saturated heterocycles. The molecular weight excluding hydrogens is 498 g/mol. The van der Waals surface area contributed by atoms with Gasteiger partial charge in [0.25, 0.3) is 12.2 Å². The standard InChI is InChI=1S/C7H10N.4C6H9N2/c1-7-5-3-4-6-8(7)2;1-6-5-7-3-4-8(6)2;1-6-3-4-7-5-8(6)2;1-6-7-4-3-5-8(6)2;1-6-4-3-5-7-8(6)2/h3-6H,1-2H3;4*3-5H,1-2H3/q5*+1. The van der Waals surface area contributed by atoms with Gasteiger partial charge in [0.1, 0.15) is 32.2 Å². The summed E-state index contributed by atoms with van der Waals surface area (Å²) in [6, 6.07) is 14.0. The van der Waals surface area contributed by atoms with Crippen molar-refractivity contribution >= 4 is 0 Å². The average Bonchev–Trinajstić information content (AvgIpc) is 2.94. The molecule has 0 aliphatic carbocycles. The highest BCUT2D eigenvalue weighted by atomic mass is 15.2. The largest absolute Gasteiger partial charge is 0.294 e. The second kappa shape index (κ2) is 18.7. The predicted molar refractivity (Wildman–Crippen MR) is 153 cm³/mol. The second-order valence-corrected chi connectivity index (χ2v) is 9.18. The summed E-state index contributed by atoms with van der Waals surface area (Å²) in [6.07, 6.45) is 16.7. The van der Waals surface area contributed by atoms with Crippen LogP contribution in [0.5, 0.6) is 0 Å². The van der Waals surface area contributed by atoms with Crippen molar-refractivity contribution in [2.75, 3.05) is 0 Å². The minimum Gasteiger partial charge on any atom is -0.252 e. The van der Waals surface area contributed by atoms with Gasteiger partial charge in [0.05, 0.1) is 38.9 Å². The van der Waals surface area contributed by atoms with Crippen LogP contribution in [-0.2, 0) is 35.2 Å². The molecule has 0 N–H and O–H groups in total. The fourth-order valence-electron chi connectivity index (χ4n) is 2.64. The van der Waals surface area contributed by atoms with Crippen LogP contribution in [0.3, 0.4) is 0 Å². The van der Waals surface area contributed by atoms with Crippen molar-refractivity contribution in [1.29, 1.82) is 0 Å². The monoisotopic (exact) mass is 544 g/mol. The molecule has 40 heavy (non-hydrogen) atoms. The molecule has 0 fully saturated rings. The van der Waals surface area contributed by atoms with Gasteiger partial charge < -0.3 is 0 Å². The van der Waals surface area contributed by atoms with Crippen molar-refractivity contribution in [2.45, 2.75) is 34.6 Å². The minimum absolute atomic E-state index is 1.03. The molecule has 0 bridgehead atoms. The summed E-state index contributed by atoms with van der Waals surface area (Å²) in [4.78, 5) is 11.9. The molecule has 0 aromatic carbocycles. The lowest BCUT2D eigenvalue weighted by atomic mass is 10.4. The summed E-state index contributed by atoms with van der Waals surface area (Å²) < 4.78 is 9.88. The Bertz CT molecular complexity index is 1060. The van der Waals surface area contributed by atoms with Crippen LogP contribution in [0.2, 0.25) is 0 Å². The molecule has 0 aliphatic heterocycles. The Hall–Kier alpha value is -4.53. The quantitative estimate of drug-likeness (QED) is 0.278. The predicted octanol–water partition coefficient (Wildman–Crippen LogP) is 1.68. The van der Waals surface area contributed by atoms with E-state index in [0.717, 1.165) is 5.82 Å². The fraction of sp³-hybridized carbons (Fsp3) is 0.323. The molecular formula is C31H46N9+5. The van der Waals surface area contributed by atoms with Crippen molar-refractivity contribution in [3.63, 3.8) is 0 Å². The van der Waals surface area contributed by atoms with E-state index in [2.05, 4.69) is 37.6 Å². The summed E-state index contributed by atoms with van der Waals surface area (Å²) in [5.41, 5.74) is 4.85. The maximum absolute atomic E-state index is 4.04. The van der Waals surface area contributed by atoms with E-state index in [4.69, 9.17) is 0 Å². The van der Waals surface area contributed by atoms with Crippen LogP contribution in [0.25, 0.3) is 0 Å². The lowest BCUT2D eigenvalue weighted by molar-refractivity contribution is -0.736. The first-order chi connectivity index (χ1) is 19.0. The molecule has 5 aromatic rings. The molecule has 0 spiro atoms. The highest BCUT2D eigenvalue weighted by Gasteiger charge is 1.96. The first kappa shape index (κ1) is 33.5. The van der Waals surface area contributed by atoms with E-state index in [9.17, 15) is 0 Å². The summed E-state index contributed by atoms with van der Waals surface area (Å²) in [7, 11) is 9.91. The van der Waals surface area contributed by atoms with Gasteiger partial charge in [-0.05, 0) is 18.1 Å². The lowest BCUT2D eigenvalue weighted by Crippen LogP contribution is -2.35. The Kier molecular flexibility index (Phi) is 15.6. The van der Waals surface area contributed by atoms with Gasteiger partial charge in [0, 0.05) is 58.0 Å². The Balaban J connectivity index is 0.000000250. The van der Waals surface area contributed by atoms with Crippen molar-refractivity contribution in [3.05, 3.63) is 127 Å². The highest BCUT2D eigenvalue weighted by Crippen LogP contribution is 1.84. The fourth-order valence-corrected chi connectivity index (χ4v) is 2.64. The smallest absolute Gasteiger partial charge is 0.252 e. The van der Waals surface area contributed by atoms with Crippen LogP contribution in [0.4, 0.5) is 0 Å². The van der Waals surface area contributed by atoms with E-state index in [-0.39, 0.29) is 0 Å². The van der Waals surface area contributed by atoms with E-state index in [1.54, 1.807) is 31.1 Å². The number of aryl methyl sites for hydroxylation is 10. The Morgan fingerprint density at radius 1 is 0.500 bits per heavy atom. The molecule has 0 radical (unpaired) electrons. The molecule has 0 atom stereocenters. The van der Waals surface area contributed by atoms with Gasteiger partial charge in [-0.1, -0.05) is 20.7 Å². The maximum Gasteiger partial charge on any atom is 0.294 e. The zero-order valence-electron chi connectivity index (χ0n) is 25.8. The number of hydrogen-bond donors (Lipinski definition) is 0. The van der Waals surface area contributed by atoms with Crippen LogP contribution in [0.15, 0.2) is 98.4 Å². The average molecular weight is 545 g/mol. The number of nitrogens with zero attached hydrogens (tertiary/aromatic N) is 9. The van der Waals surface area contributed by atoms with Gasteiger partial charge >= 0.3 is 0 Å². The van der Waals surface area contributed by atoms with Crippen molar-refractivity contribution in [3.8, 4) is 0 Å². The van der Waals surface area contributed by atoms with Crippen LogP contribution >= 0.6 is 0 Å². The first-order valence-corrected chi connectivity index (χ1v) is 13.0. The Labute approximate surface area is 239 Å². The Morgan fingerprint density at radius 3 is 1.52 bits per heavy atom.